The van der Waals surface area contributed by atoms with Crippen LogP contribution in [0, 0.1) is 19.8 Å². The van der Waals surface area contributed by atoms with Gasteiger partial charge in [0.25, 0.3) is 0 Å². The molecule has 1 saturated carbocycles. The first kappa shape index (κ1) is 11.6. The number of hydrogen-bond acceptors (Lipinski definition) is 2. The molecule has 0 radical (unpaired) electrons. The molecule has 1 atom stereocenters. The summed E-state index contributed by atoms with van der Waals surface area (Å²) in [5, 5.41) is 0. The molecular weight excluding hydrogens is 196 g/mol. The van der Waals surface area contributed by atoms with Crippen LogP contribution in [0.5, 0.6) is 0 Å². The molecule has 0 aliphatic heterocycles. The van der Waals surface area contributed by atoms with Crippen molar-refractivity contribution in [3.05, 3.63) is 34.9 Å². The molecule has 0 bridgehead atoms. The Morgan fingerprint density at radius 2 is 1.88 bits per heavy atom. The van der Waals surface area contributed by atoms with E-state index in [0.717, 1.165) is 12.3 Å². The van der Waals surface area contributed by atoms with E-state index >= 15 is 0 Å². The van der Waals surface area contributed by atoms with Crippen LogP contribution in [0.15, 0.2) is 18.2 Å². The van der Waals surface area contributed by atoms with Crippen LogP contribution < -0.4 is 11.3 Å². The number of nitrogens with two attached hydrogens (primary N) is 1. The van der Waals surface area contributed by atoms with Gasteiger partial charge >= 0.3 is 0 Å². The summed E-state index contributed by atoms with van der Waals surface area (Å²) in [6.07, 6.45) is 5.10. The fraction of sp³-hybridized carbons (Fsp3) is 0.571. The summed E-state index contributed by atoms with van der Waals surface area (Å²) in [5.74, 6) is 6.44. The van der Waals surface area contributed by atoms with Gasteiger partial charge < -0.3 is 0 Å². The van der Waals surface area contributed by atoms with Crippen molar-refractivity contribution in [2.75, 3.05) is 0 Å². The summed E-state index contributed by atoms with van der Waals surface area (Å²) >= 11 is 0. The zero-order valence-electron chi connectivity index (χ0n) is 10.3. The lowest BCUT2D eigenvalue weighted by Gasteiger charge is -2.33. The third-order valence-corrected chi connectivity index (χ3v) is 3.67. The summed E-state index contributed by atoms with van der Waals surface area (Å²) in [6, 6.07) is 7.22. The largest absolute Gasteiger partial charge is 0.271 e. The topological polar surface area (TPSA) is 38.0 Å². The number of hydrogen-bond donors (Lipinski definition) is 2. The van der Waals surface area contributed by atoms with E-state index in [2.05, 4.69) is 37.5 Å². The van der Waals surface area contributed by atoms with Crippen LogP contribution in [0.2, 0.25) is 0 Å². The predicted molar refractivity (Wildman–Crippen MR) is 68.1 cm³/mol. The van der Waals surface area contributed by atoms with Crippen molar-refractivity contribution in [1.82, 2.24) is 5.43 Å². The van der Waals surface area contributed by atoms with Crippen molar-refractivity contribution in [2.45, 2.75) is 45.6 Å². The molecule has 2 nitrogen and oxygen atoms in total. The Labute approximate surface area is 98.2 Å². The average Bonchev–Trinajstić information content (AvgIpc) is 2.12. The van der Waals surface area contributed by atoms with Crippen LogP contribution >= 0.6 is 0 Å². The molecule has 0 saturated heterocycles. The van der Waals surface area contributed by atoms with Gasteiger partial charge in [-0.25, -0.2) is 0 Å². The molecule has 0 heterocycles. The Morgan fingerprint density at radius 3 is 2.31 bits per heavy atom. The number of aryl methyl sites for hydroxylation is 2. The molecule has 16 heavy (non-hydrogen) atoms. The number of benzene rings is 1. The molecule has 1 aliphatic rings. The fourth-order valence-corrected chi connectivity index (χ4v) is 2.64. The minimum atomic E-state index is 0.454. The standard InChI is InChI=1S/C14H22N2/c1-10-6-11(2)8-12(7-10)9-14(16-15)13-4-3-5-13/h6-8,13-14,16H,3-5,9,15H2,1-2H3. The minimum absolute atomic E-state index is 0.454. The van der Waals surface area contributed by atoms with E-state index in [1.807, 2.05) is 0 Å². The molecule has 0 amide bonds. The highest BCUT2D eigenvalue weighted by molar-refractivity contribution is 5.29. The van der Waals surface area contributed by atoms with Gasteiger partial charge in [-0.2, -0.15) is 0 Å². The van der Waals surface area contributed by atoms with E-state index in [9.17, 15) is 0 Å². The van der Waals surface area contributed by atoms with Crippen molar-refractivity contribution in [1.29, 1.82) is 0 Å². The van der Waals surface area contributed by atoms with Crippen LogP contribution in [0.25, 0.3) is 0 Å². The maximum absolute atomic E-state index is 5.66. The molecule has 0 spiro atoms. The second-order valence-electron chi connectivity index (χ2n) is 5.16. The Bertz CT molecular complexity index is 336. The smallest absolute Gasteiger partial charge is 0.0279 e. The molecule has 3 N–H and O–H groups in total. The van der Waals surface area contributed by atoms with Crippen LogP contribution in [0.3, 0.4) is 0 Å². The van der Waals surface area contributed by atoms with Gasteiger partial charge in [-0.15, -0.1) is 0 Å². The molecule has 88 valence electrons. The second kappa shape index (κ2) is 4.98. The molecule has 1 fully saturated rings. The van der Waals surface area contributed by atoms with Crippen molar-refractivity contribution in [3.63, 3.8) is 0 Å². The minimum Gasteiger partial charge on any atom is -0.271 e. The molecule has 0 aromatic heterocycles. The summed E-state index contributed by atoms with van der Waals surface area (Å²) in [4.78, 5) is 0. The van der Waals surface area contributed by atoms with E-state index in [0.29, 0.717) is 6.04 Å². The first-order chi connectivity index (χ1) is 7.69. The molecular formula is C14H22N2. The van der Waals surface area contributed by atoms with Gasteiger partial charge in [0.05, 0.1) is 0 Å². The molecule has 1 aliphatic carbocycles. The third kappa shape index (κ3) is 2.63. The summed E-state index contributed by atoms with van der Waals surface area (Å²) in [6.45, 7) is 4.31. The van der Waals surface area contributed by atoms with E-state index in [1.165, 1.54) is 36.0 Å². The van der Waals surface area contributed by atoms with E-state index in [1.54, 1.807) is 0 Å². The van der Waals surface area contributed by atoms with Gasteiger partial charge in [-0.1, -0.05) is 35.7 Å². The van der Waals surface area contributed by atoms with E-state index in [4.69, 9.17) is 5.84 Å². The summed E-state index contributed by atoms with van der Waals surface area (Å²) in [5.41, 5.74) is 7.09. The van der Waals surface area contributed by atoms with Crippen molar-refractivity contribution >= 4 is 0 Å². The summed E-state index contributed by atoms with van der Waals surface area (Å²) < 4.78 is 0. The maximum Gasteiger partial charge on any atom is 0.0279 e. The van der Waals surface area contributed by atoms with E-state index < -0.39 is 0 Å². The molecule has 1 aromatic carbocycles. The monoisotopic (exact) mass is 218 g/mol. The number of nitrogens with one attached hydrogen (secondary N) is 1. The van der Waals surface area contributed by atoms with Gasteiger partial charge in [0.1, 0.15) is 0 Å². The van der Waals surface area contributed by atoms with Crippen molar-refractivity contribution < 1.29 is 0 Å². The zero-order valence-corrected chi connectivity index (χ0v) is 10.3. The quantitative estimate of drug-likeness (QED) is 0.602. The maximum atomic E-state index is 5.66. The first-order valence-corrected chi connectivity index (χ1v) is 6.22. The Morgan fingerprint density at radius 1 is 1.25 bits per heavy atom. The fourth-order valence-electron chi connectivity index (χ4n) is 2.64. The van der Waals surface area contributed by atoms with Gasteiger partial charge in [0, 0.05) is 6.04 Å². The predicted octanol–water partition coefficient (Wildman–Crippen LogP) is 2.48. The van der Waals surface area contributed by atoms with E-state index in [-0.39, 0.29) is 0 Å². The van der Waals surface area contributed by atoms with Crippen LogP contribution in [0.1, 0.15) is 36.0 Å². The second-order valence-corrected chi connectivity index (χ2v) is 5.16. The lowest BCUT2D eigenvalue weighted by atomic mass is 9.78. The van der Waals surface area contributed by atoms with Crippen molar-refractivity contribution in [3.8, 4) is 0 Å². The highest BCUT2D eigenvalue weighted by atomic mass is 15.2. The third-order valence-electron chi connectivity index (χ3n) is 3.67. The van der Waals surface area contributed by atoms with Gasteiger partial charge in [0.2, 0.25) is 0 Å². The molecule has 2 heteroatoms. The van der Waals surface area contributed by atoms with Gasteiger partial charge in [-0.05, 0) is 44.6 Å². The van der Waals surface area contributed by atoms with Gasteiger partial charge in [-0.3, -0.25) is 11.3 Å². The first-order valence-electron chi connectivity index (χ1n) is 6.22. The Balaban J connectivity index is 2.05. The average molecular weight is 218 g/mol. The normalized spacial score (nSPS) is 18.2. The molecule has 1 aromatic rings. The highest BCUT2D eigenvalue weighted by Crippen LogP contribution is 2.30. The Kier molecular flexibility index (Phi) is 3.62. The lowest BCUT2D eigenvalue weighted by molar-refractivity contribution is 0.228. The van der Waals surface area contributed by atoms with Crippen LogP contribution in [-0.2, 0) is 6.42 Å². The van der Waals surface area contributed by atoms with Crippen LogP contribution in [0.4, 0.5) is 0 Å². The van der Waals surface area contributed by atoms with Crippen LogP contribution in [-0.4, -0.2) is 6.04 Å². The Hall–Kier alpha value is -0.860. The lowest BCUT2D eigenvalue weighted by Crippen LogP contribution is -2.44. The zero-order chi connectivity index (χ0) is 11.5. The van der Waals surface area contributed by atoms with Gasteiger partial charge in [0.15, 0.2) is 0 Å². The van der Waals surface area contributed by atoms with Crippen molar-refractivity contribution in [2.24, 2.45) is 11.8 Å². The molecule has 2 rings (SSSR count). The summed E-state index contributed by atoms with van der Waals surface area (Å²) in [7, 11) is 0. The number of rotatable bonds is 4. The highest BCUT2D eigenvalue weighted by Gasteiger charge is 2.26. The molecule has 1 unspecified atom stereocenters. The number of hydrazine groups is 1. The SMILES string of the molecule is Cc1cc(C)cc(CC(NN)C2CCC2)c1.